The second kappa shape index (κ2) is 15.5. The molecule has 2 aromatic rings. The van der Waals surface area contributed by atoms with E-state index in [9.17, 15) is 0 Å². The van der Waals surface area contributed by atoms with Gasteiger partial charge in [0.25, 0.3) is 0 Å². The van der Waals surface area contributed by atoms with Crippen molar-refractivity contribution in [3.8, 4) is 0 Å². The van der Waals surface area contributed by atoms with E-state index in [1.165, 1.54) is 26.1 Å². The molecule has 4 rings (SSSR count). The molecule has 144 valence electrons. The molecule has 0 heterocycles. The Hall–Kier alpha value is -1.44. The van der Waals surface area contributed by atoms with Gasteiger partial charge in [-0.25, -0.2) is 23.3 Å². The average molecular weight is 445 g/mol. The van der Waals surface area contributed by atoms with Crippen molar-refractivity contribution >= 4 is 28.6 Å². The maximum absolute atomic E-state index is 3.12. The van der Waals surface area contributed by atoms with Crippen LogP contribution in [0.4, 0.5) is 0 Å². The third-order valence-corrected chi connectivity index (χ3v) is 4.76. The van der Waals surface area contributed by atoms with Gasteiger partial charge in [-0.05, 0) is 0 Å². The molecule has 2 aliphatic carbocycles. The predicted octanol–water partition coefficient (Wildman–Crippen LogP) is 7.04. The van der Waals surface area contributed by atoms with Gasteiger partial charge >= 0.3 is 95.6 Å². The van der Waals surface area contributed by atoms with Gasteiger partial charge in [-0.1, -0.05) is 13.8 Å². The quantitative estimate of drug-likeness (QED) is 0.344. The number of hydrogen-bond donors (Lipinski definition) is 0. The first-order valence-corrected chi connectivity index (χ1v) is 9.62. The summed E-state index contributed by atoms with van der Waals surface area (Å²) in [5.74, 6) is 0. The van der Waals surface area contributed by atoms with Gasteiger partial charge in [0.05, 0.1) is 0 Å². The molecule has 0 amide bonds. The molecule has 3 heteroatoms. The van der Waals surface area contributed by atoms with E-state index in [2.05, 4.69) is 119 Å². The van der Waals surface area contributed by atoms with E-state index >= 15 is 0 Å². The minimum atomic E-state index is 0. The fourth-order valence-corrected chi connectivity index (χ4v) is 2.93. The Labute approximate surface area is 193 Å². The van der Waals surface area contributed by atoms with Crippen LogP contribution in [0.3, 0.4) is 0 Å². The molecule has 2 aliphatic rings. The molecule has 0 unspecified atom stereocenters. The van der Waals surface area contributed by atoms with Crippen molar-refractivity contribution in [1.29, 1.82) is 0 Å². The van der Waals surface area contributed by atoms with Gasteiger partial charge in [-0.3, -0.25) is 12.2 Å². The molecule has 0 saturated heterocycles. The molecule has 0 bridgehead atoms. The Morgan fingerprint density at radius 1 is 0.679 bits per heavy atom. The normalized spacial score (nSPS) is 12.9. The van der Waals surface area contributed by atoms with Gasteiger partial charge in [0.15, 0.2) is 0 Å². The third kappa shape index (κ3) is 10.2. The molecular formula is C25H26Cl2Ti. The zero-order valence-electron chi connectivity index (χ0n) is 16.3. The van der Waals surface area contributed by atoms with Crippen LogP contribution in [0.15, 0.2) is 96.1 Å². The van der Waals surface area contributed by atoms with Gasteiger partial charge in [0.2, 0.25) is 0 Å². The maximum atomic E-state index is 3.12. The molecular weight excluding hydrogens is 419 g/mol. The van der Waals surface area contributed by atoms with Crippen LogP contribution in [0.25, 0.3) is 0 Å². The Kier molecular flexibility index (Phi) is 14.7. The Bertz CT molecular complexity index is 741. The van der Waals surface area contributed by atoms with Crippen LogP contribution in [0.5, 0.6) is 0 Å². The first-order chi connectivity index (χ1) is 12.7. The summed E-state index contributed by atoms with van der Waals surface area (Å²) in [4.78, 5) is 0. The van der Waals surface area contributed by atoms with E-state index in [-0.39, 0.29) is 24.8 Å². The zero-order valence-corrected chi connectivity index (χ0v) is 19.5. The first kappa shape index (κ1) is 26.6. The molecule has 0 N–H and O–H groups in total. The van der Waals surface area contributed by atoms with Crippen molar-refractivity contribution in [1.82, 2.24) is 0 Å². The van der Waals surface area contributed by atoms with Crippen LogP contribution < -0.4 is 0 Å². The van der Waals surface area contributed by atoms with Crippen molar-refractivity contribution in [3.05, 3.63) is 119 Å². The summed E-state index contributed by atoms with van der Waals surface area (Å²) >= 11 is 2.16. The summed E-state index contributed by atoms with van der Waals surface area (Å²) in [6.45, 7) is 4.12. The fraction of sp³-hybridized carbons (Fsp3) is 0.160. The number of rotatable bonds is 2. The molecule has 0 aromatic heterocycles. The van der Waals surface area contributed by atoms with Crippen LogP contribution in [0.1, 0.15) is 37.8 Å². The molecule has 2 aromatic carbocycles. The molecule has 0 radical (unpaired) electrons. The molecule has 0 fully saturated rings. The Morgan fingerprint density at radius 3 is 1.25 bits per heavy atom. The van der Waals surface area contributed by atoms with Crippen molar-refractivity contribution in [2.75, 3.05) is 0 Å². The minimum absolute atomic E-state index is 0. The molecule has 0 spiro atoms. The number of allylic oxidation sites excluding steroid dienone is 8. The van der Waals surface area contributed by atoms with Gasteiger partial charge in [-0.2, -0.15) is 12.2 Å². The molecule has 28 heavy (non-hydrogen) atoms. The summed E-state index contributed by atoms with van der Waals surface area (Å²) in [6.07, 6.45) is 16.7. The van der Waals surface area contributed by atoms with E-state index < -0.39 is 0 Å². The summed E-state index contributed by atoms with van der Waals surface area (Å²) < 4.78 is 1.33. The molecule has 0 nitrogen and oxygen atoms in total. The summed E-state index contributed by atoms with van der Waals surface area (Å²) in [6, 6.07) is 20.9. The molecule has 0 aliphatic heterocycles. The Morgan fingerprint density at radius 2 is 1.04 bits per heavy atom. The summed E-state index contributed by atoms with van der Waals surface area (Å²) in [5, 5.41) is 0. The van der Waals surface area contributed by atoms with E-state index in [4.69, 9.17) is 0 Å². The number of halogens is 2. The monoisotopic (exact) mass is 444 g/mol. The fourth-order valence-electron chi connectivity index (χ4n) is 2.41. The van der Waals surface area contributed by atoms with Crippen molar-refractivity contribution < 1.29 is 20.0 Å². The predicted molar refractivity (Wildman–Crippen MR) is 123 cm³/mol. The van der Waals surface area contributed by atoms with Gasteiger partial charge in [0, 0.05) is 0 Å². The van der Waals surface area contributed by atoms with E-state index in [1.807, 2.05) is 12.1 Å². The molecule has 0 saturated carbocycles. The third-order valence-electron chi connectivity index (χ3n) is 3.86. The van der Waals surface area contributed by atoms with Gasteiger partial charge in [0.1, 0.15) is 0 Å². The second-order valence-corrected chi connectivity index (χ2v) is 6.82. The van der Waals surface area contributed by atoms with Crippen molar-refractivity contribution in [2.24, 2.45) is 0 Å². The van der Waals surface area contributed by atoms with Crippen LogP contribution >= 0.6 is 24.8 Å². The van der Waals surface area contributed by atoms with Crippen LogP contribution in [0.2, 0.25) is 0 Å². The van der Waals surface area contributed by atoms with Crippen molar-refractivity contribution in [2.45, 2.75) is 26.7 Å². The average Bonchev–Trinajstić information content (AvgIpc) is 3.37. The number of hydrogen-bond acceptors (Lipinski definition) is 0. The number of benzene rings is 2. The van der Waals surface area contributed by atoms with Gasteiger partial charge in [-0.15, -0.1) is 37.7 Å². The second-order valence-electron chi connectivity index (χ2n) is 6.04. The van der Waals surface area contributed by atoms with Gasteiger partial charge < -0.3 is 0 Å². The van der Waals surface area contributed by atoms with E-state index in [0.717, 1.165) is 12.8 Å². The standard InChI is InChI=1S/C13H10.2C6H7.2ClH.Ti/c1-3-7-12(8-4-1)11-13-9-5-2-6-10-13;2*1-6-4-2-3-5-6;;;/h1-10H;2*2,4H,3H2,1H3;2*1H;/q;2*-1;;;+2. The summed E-state index contributed by atoms with van der Waals surface area (Å²) in [7, 11) is 0. The van der Waals surface area contributed by atoms with Crippen LogP contribution in [-0.2, 0) is 20.0 Å². The Balaban J connectivity index is 0.000000437. The zero-order chi connectivity index (χ0) is 18.6. The van der Waals surface area contributed by atoms with Crippen LogP contribution in [0, 0.1) is 12.2 Å². The first-order valence-electron chi connectivity index (χ1n) is 8.84. The topological polar surface area (TPSA) is 0 Å². The van der Waals surface area contributed by atoms with Crippen molar-refractivity contribution in [3.63, 3.8) is 0 Å². The van der Waals surface area contributed by atoms with E-state index in [0.29, 0.717) is 0 Å². The molecule has 0 atom stereocenters. The summed E-state index contributed by atoms with van der Waals surface area (Å²) in [5.41, 5.74) is 5.13. The SMILES string of the molecule is CC1=[C-]CC=C1.CC1=[C-]CC=C1.Cl.Cl.[Ti+2]=[C](c1ccccc1)c1ccccc1. The van der Waals surface area contributed by atoms with Crippen LogP contribution in [-0.4, -0.2) is 3.81 Å². The van der Waals surface area contributed by atoms with E-state index in [1.54, 1.807) is 0 Å².